The van der Waals surface area contributed by atoms with Gasteiger partial charge in [-0.25, -0.2) is 0 Å². The van der Waals surface area contributed by atoms with Crippen molar-refractivity contribution in [2.75, 3.05) is 16.8 Å². The number of anilines is 2. The van der Waals surface area contributed by atoms with Crippen LogP contribution in [-0.4, -0.2) is 33.0 Å². The number of hydrogen-bond acceptors (Lipinski definition) is 5. The first kappa shape index (κ1) is 15.3. The van der Waals surface area contributed by atoms with E-state index < -0.39 is 11.0 Å². The molecular formula is C14H14ClN5O3. The molecule has 2 heterocycles. The average Bonchev–Trinajstić information content (AvgIpc) is 3.04. The maximum atomic E-state index is 12.6. The number of benzene rings is 1. The van der Waals surface area contributed by atoms with Crippen LogP contribution >= 0.6 is 11.6 Å². The molecule has 1 saturated heterocycles. The molecule has 1 aromatic carbocycles. The zero-order valence-corrected chi connectivity index (χ0v) is 13.0. The molecule has 0 unspecified atom stereocenters. The van der Waals surface area contributed by atoms with Crippen molar-refractivity contribution in [3.63, 3.8) is 0 Å². The monoisotopic (exact) mass is 335 g/mol. The van der Waals surface area contributed by atoms with Crippen molar-refractivity contribution in [1.29, 1.82) is 0 Å². The average molecular weight is 336 g/mol. The summed E-state index contributed by atoms with van der Waals surface area (Å²) < 4.78 is 1.49. The van der Waals surface area contributed by atoms with Crippen molar-refractivity contribution >= 4 is 34.8 Å². The number of carbonyl (C=O) groups is 1. The van der Waals surface area contributed by atoms with E-state index in [1.807, 2.05) is 0 Å². The Hall–Kier alpha value is -2.61. The topological polar surface area (TPSA) is 93.3 Å². The van der Waals surface area contributed by atoms with Crippen LogP contribution in [0.5, 0.6) is 0 Å². The number of carbonyl (C=O) groups excluding carboxylic acids is 1. The number of nitrogens with zero attached hydrogens (tertiary/aromatic N) is 4. The number of rotatable bonds is 4. The van der Waals surface area contributed by atoms with Crippen molar-refractivity contribution in [2.24, 2.45) is 7.05 Å². The first-order valence-corrected chi connectivity index (χ1v) is 7.34. The SMILES string of the molecule is Cn1cnc([N+](=O)[O-])c1N[C@@H]1CCN(c2cccc(Cl)c2)C1=O. The largest absolute Gasteiger partial charge is 0.406 e. The van der Waals surface area contributed by atoms with E-state index in [0.717, 1.165) is 0 Å². The number of nitrogens with one attached hydrogen (secondary N) is 1. The van der Waals surface area contributed by atoms with E-state index in [2.05, 4.69) is 10.3 Å². The molecule has 0 bridgehead atoms. The summed E-state index contributed by atoms with van der Waals surface area (Å²) in [6.45, 7) is 0.516. The molecule has 8 nitrogen and oxygen atoms in total. The van der Waals surface area contributed by atoms with E-state index in [4.69, 9.17) is 11.6 Å². The summed E-state index contributed by atoms with van der Waals surface area (Å²) in [5.74, 6) is -0.217. The second-order valence-corrected chi connectivity index (χ2v) is 5.68. The Morgan fingerprint density at radius 2 is 2.26 bits per heavy atom. The van der Waals surface area contributed by atoms with Crippen molar-refractivity contribution in [3.8, 4) is 0 Å². The smallest absolute Gasteiger partial charge is 0.358 e. The molecule has 23 heavy (non-hydrogen) atoms. The summed E-state index contributed by atoms with van der Waals surface area (Å²) in [7, 11) is 1.64. The summed E-state index contributed by atoms with van der Waals surface area (Å²) in [5, 5.41) is 14.5. The molecule has 0 spiro atoms. The van der Waals surface area contributed by atoms with Gasteiger partial charge in [-0.2, -0.15) is 0 Å². The zero-order valence-electron chi connectivity index (χ0n) is 12.3. The standard InChI is InChI=1S/C14H14ClN5O3/c1-18-8-16-12(20(22)23)13(18)17-11-5-6-19(14(11)21)10-4-2-3-9(15)7-10/h2-4,7-8,11,17H,5-6H2,1H3/t11-/m1/s1. The highest BCUT2D eigenvalue weighted by Gasteiger charge is 2.35. The van der Waals surface area contributed by atoms with Crippen molar-refractivity contribution in [3.05, 3.63) is 45.7 Å². The summed E-state index contributed by atoms with van der Waals surface area (Å²) in [6.07, 6.45) is 1.88. The molecule has 1 aliphatic rings. The van der Waals surface area contributed by atoms with Crippen LogP contribution in [0.1, 0.15) is 6.42 Å². The first-order valence-electron chi connectivity index (χ1n) is 6.96. The molecule has 1 amide bonds. The van der Waals surface area contributed by atoms with Crippen LogP contribution in [0.2, 0.25) is 5.02 Å². The first-order chi connectivity index (χ1) is 11.0. The van der Waals surface area contributed by atoms with Gasteiger partial charge in [-0.1, -0.05) is 17.7 Å². The lowest BCUT2D eigenvalue weighted by Crippen LogP contribution is -2.34. The molecule has 1 fully saturated rings. The lowest BCUT2D eigenvalue weighted by molar-refractivity contribution is -0.388. The molecule has 1 aromatic heterocycles. The quantitative estimate of drug-likeness (QED) is 0.683. The number of halogens is 1. The van der Waals surface area contributed by atoms with E-state index in [9.17, 15) is 14.9 Å². The Bertz CT molecular complexity index is 776. The van der Waals surface area contributed by atoms with Crippen LogP contribution in [0.15, 0.2) is 30.6 Å². The minimum Gasteiger partial charge on any atom is -0.358 e. The molecule has 120 valence electrons. The summed E-state index contributed by atoms with van der Waals surface area (Å²) >= 11 is 5.96. The number of amides is 1. The minimum absolute atomic E-state index is 0.150. The van der Waals surface area contributed by atoms with E-state index in [-0.39, 0.29) is 17.5 Å². The van der Waals surface area contributed by atoms with Gasteiger partial charge in [0, 0.05) is 24.3 Å². The van der Waals surface area contributed by atoms with Crippen molar-refractivity contribution < 1.29 is 9.72 Å². The molecule has 0 saturated carbocycles. The van der Waals surface area contributed by atoms with Gasteiger partial charge in [0.15, 0.2) is 0 Å². The third kappa shape index (κ3) is 2.85. The van der Waals surface area contributed by atoms with Crippen LogP contribution in [0.3, 0.4) is 0 Å². The number of nitro groups is 1. The Labute approximate surface area is 136 Å². The normalized spacial score (nSPS) is 17.6. The number of imidazole rings is 1. The molecule has 0 radical (unpaired) electrons. The highest BCUT2D eigenvalue weighted by Crippen LogP contribution is 2.28. The fourth-order valence-corrected chi connectivity index (χ4v) is 2.78. The van der Waals surface area contributed by atoms with Gasteiger partial charge in [0.25, 0.3) is 0 Å². The highest BCUT2D eigenvalue weighted by molar-refractivity contribution is 6.31. The molecular weight excluding hydrogens is 322 g/mol. The lowest BCUT2D eigenvalue weighted by atomic mass is 10.2. The fraction of sp³-hybridized carbons (Fsp3) is 0.286. The summed E-state index contributed by atoms with van der Waals surface area (Å²) in [5.41, 5.74) is 0.714. The molecule has 2 aromatic rings. The third-order valence-electron chi connectivity index (χ3n) is 3.73. The number of aryl methyl sites for hydroxylation is 1. The molecule has 3 rings (SSSR count). The maximum absolute atomic E-state index is 12.6. The Balaban J connectivity index is 1.80. The van der Waals surface area contributed by atoms with Crippen LogP contribution < -0.4 is 10.2 Å². The van der Waals surface area contributed by atoms with E-state index in [1.165, 1.54) is 10.9 Å². The van der Waals surface area contributed by atoms with Crippen molar-refractivity contribution in [1.82, 2.24) is 9.55 Å². The molecule has 1 atom stereocenters. The van der Waals surface area contributed by atoms with Gasteiger partial charge in [-0.05, 0) is 34.5 Å². The summed E-state index contributed by atoms with van der Waals surface area (Å²) in [6, 6.07) is 6.49. The zero-order chi connectivity index (χ0) is 16.6. The van der Waals surface area contributed by atoms with Crippen LogP contribution in [0.25, 0.3) is 0 Å². The van der Waals surface area contributed by atoms with E-state index in [0.29, 0.717) is 23.7 Å². The van der Waals surface area contributed by atoms with Gasteiger partial charge >= 0.3 is 5.82 Å². The lowest BCUT2D eigenvalue weighted by Gasteiger charge is -2.17. The second kappa shape index (κ2) is 5.88. The summed E-state index contributed by atoms with van der Waals surface area (Å²) in [4.78, 5) is 28.3. The second-order valence-electron chi connectivity index (χ2n) is 5.24. The van der Waals surface area contributed by atoms with Gasteiger partial charge in [-0.3, -0.25) is 9.36 Å². The van der Waals surface area contributed by atoms with Gasteiger partial charge in [0.05, 0.1) is 0 Å². The Kier molecular flexibility index (Phi) is 3.91. The van der Waals surface area contributed by atoms with Crippen LogP contribution in [0.4, 0.5) is 17.3 Å². The maximum Gasteiger partial charge on any atom is 0.406 e. The highest BCUT2D eigenvalue weighted by atomic mass is 35.5. The minimum atomic E-state index is -0.573. The Morgan fingerprint density at radius 1 is 1.48 bits per heavy atom. The number of hydrogen-bond donors (Lipinski definition) is 1. The third-order valence-corrected chi connectivity index (χ3v) is 3.96. The fourth-order valence-electron chi connectivity index (χ4n) is 2.60. The predicted molar refractivity (Wildman–Crippen MR) is 85.7 cm³/mol. The molecule has 0 aliphatic carbocycles. The molecule has 1 aliphatic heterocycles. The van der Waals surface area contributed by atoms with Crippen LogP contribution in [0, 0.1) is 10.1 Å². The van der Waals surface area contributed by atoms with Gasteiger partial charge in [0.2, 0.25) is 18.1 Å². The van der Waals surface area contributed by atoms with Crippen molar-refractivity contribution in [2.45, 2.75) is 12.5 Å². The Morgan fingerprint density at radius 3 is 2.96 bits per heavy atom. The predicted octanol–water partition coefficient (Wildman–Crippen LogP) is 2.20. The van der Waals surface area contributed by atoms with E-state index in [1.54, 1.807) is 36.2 Å². The van der Waals surface area contributed by atoms with Gasteiger partial charge < -0.3 is 20.3 Å². The molecule has 9 heteroatoms. The van der Waals surface area contributed by atoms with Crippen LogP contribution in [-0.2, 0) is 11.8 Å². The van der Waals surface area contributed by atoms with Gasteiger partial charge in [0.1, 0.15) is 6.04 Å². The van der Waals surface area contributed by atoms with Gasteiger partial charge in [-0.15, -0.1) is 0 Å². The van der Waals surface area contributed by atoms with E-state index >= 15 is 0 Å². The number of aromatic nitrogens is 2. The molecule has 1 N–H and O–H groups in total.